The normalized spacial score (nSPS) is 11.9. The van der Waals surface area contributed by atoms with Crippen molar-refractivity contribution in [2.45, 2.75) is 0 Å². The number of fused-ring (bicyclic) bond motifs is 9. The van der Waals surface area contributed by atoms with Gasteiger partial charge in [-0.05, 0) is 90.0 Å². The van der Waals surface area contributed by atoms with Crippen LogP contribution in [0.25, 0.3) is 115 Å². The first kappa shape index (κ1) is 31.9. The minimum atomic E-state index is 0.590. The fourth-order valence-corrected chi connectivity index (χ4v) is 9.40. The van der Waals surface area contributed by atoms with Crippen molar-refractivity contribution in [2.24, 2.45) is 0 Å². The van der Waals surface area contributed by atoms with Crippen molar-refractivity contribution in [3.8, 4) is 51.0 Å². The maximum absolute atomic E-state index is 6.29. The number of hydrogen-bond donors (Lipinski definition) is 0. The topological polar surface area (TPSA) is 56.7 Å². The molecule has 0 saturated heterocycles. The van der Waals surface area contributed by atoms with Gasteiger partial charge in [0.05, 0.1) is 11.0 Å². The van der Waals surface area contributed by atoms with Gasteiger partial charge in [0.1, 0.15) is 11.2 Å². The average molecular weight is 747 g/mol. The Balaban J connectivity index is 1.01. The van der Waals surface area contributed by atoms with E-state index in [0.29, 0.717) is 17.5 Å². The van der Waals surface area contributed by atoms with Gasteiger partial charge in [-0.2, -0.15) is 0 Å². The van der Waals surface area contributed by atoms with E-state index >= 15 is 0 Å². The van der Waals surface area contributed by atoms with E-state index in [2.05, 4.69) is 162 Å². The molecule has 0 aliphatic heterocycles. The number of nitrogens with zero attached hydrogens (tertiary/aromatic N) is 4. The summed E-state index contributed by atoms with van der Waals surface area (Å²) in [6.07, 6.45) is 0. The minimum Gasteiger partial charge on any atom is -0.456 e. The van der Waals surface area contributed by atoms with Gasteiger partial charge in [-0.3, -0.25) is 0 Å². The fourth-order valence-electron chi connectivity index (χ4n) is 8.31. The van der Waals surface area contributed by atoms with Crippen LogP contribution in [-0.4, -0.2) is 19.5 Å². The SMILES string of the molecule is c1ccc(-c2ccc3c4ccccc4n(-c4ccc(-c5nc(-c6ccc7c(c6)oc6ccccc67)nc(-c6ccc7sc8ccccc8c7c6)n5)cc4)c3c2)cc1. The molecule has 4 aromatic heterocycles. The van der Waals surface area contributed by atoms with Crippen LogP contribution in [0, 0.1) is 0 Å². The van der Waals surface area contributed by atoms with E-state index in [-0.39, 0.29) is 0 Å². The van der Waals surface area contributed by atoms with Crippen molar-refractivity contribution in [1.29, 1.82) is 0 Å². The number of hydrogen-bond acceptors (Lipinski definition) is 5. The lowest BCUT2D eigenvalue weighted by atomic mass is 10.0. The Hall–Kier alpha value is -7.41. The quantitative estimate of drug-likeness (QED) is 0.176. The van der Waals surface area contributed by atoms with Crippen molar-refractivity contribution >= 4 is 75.3 Å². The Morgan fingerprint density at radius 1 is 0.351 bits per heavy atom. The Kier molecular flexibility index (Phi) is 7.03. The lowest BCUT2D eigenvalue weighted by molar-refractivity contribution is 0.669. The second kappa shape index (κ2) is 12.6. The summed E-state index contributed by atoms with van der Waals surface area (Å²) < 4.78 is 11.2. The molecule has 4 heterocycles. The largest absolute Gasteiger partial charge is 0.456 e. The summed E-state index contributed by atoms with van der Waals surface area (Å²) in [5.74, 6) is 1.82. The molecule has 0 aliphatic carbocycles. The van der Waals surface area contributed by atoms with Gasteiger partial charge < -0.3 is 8.98 Å². The Morgan fingerprint density at radius 2 is 0.930 bits per heavy atom. The van der Waals surface area contributed by atoms with Gasteiger partial charge in [-0.15, -0.1) is 11.3 Å². The number of thiophene rings is 1. The van der Waals surface area contributed by atoms with Crippen LogP contribution in [0.15, 0.2) is 186 Å². The summed E-state index contributed by atoms with van der Waals surface area (Å²) in [7, 11) is 0. The van der Waals surface area contributed by atoms with Crippen LogP contribution < -0.4 is 0 Å². The summed E-state index contributed by atoms with van der Waals surface area (Å²) in [4.78, 5) is 15.4. The molecule has 266 valence electrons. The van der Waals surface area contributed by atoms with Crippen molar-refractivity contribution in [3.63, 3.8) is 0 Å². The molecule has 8 aromatic carbocycles. The van der Waals surface area contributed by atoms with Crippen molar-refractivity contribution < 1.29 is 4.42 Å². The molecule has 0 fully saturated rings. The summed E-state index contributed by atoms with van der Waals surface area (Å²) in [5.41, 5.74) is 10.1. The second-order valence-electron chi connectivity index (χ2n) is 14.4. The molecule has 57 heavy (non-hydrogen) atoms. The highest BCUT2D eigenvalue weighted by Gasteiger charge is 2.18. The third-order valence-electron chi connectivity index (χ3n) is 11.1. The molecule has 12 aromatic rings. The predicted molar refractivity (Wildman–Crippen MR) is 236 cm³/mol. The van der Waals surface area contributed by atoms with E-state index in [9.17, 15) is 0 Å². The van der Waals surface area contributed by atoms with Crippen LogP contribution in [0.5, 0.6) is 0 Å². The zero-order valence-electron chi connectivity index (χ0n) is 30.4. The third kappa shape index (κ3) is 5.19. The second-order valence-corrected chi connectivity index (χ2v) is 15.5. The molecular weight excluding hydrogens is 717 g/mol. The van der Waals surface area contributed by atoms with Crippen LogP contribution in [0.2, 0.25) is 0 Å². The van der Waals surface area contributed by atoms with Crippen LogP contribution in [0.4, 0.5) is 0 Å². The van der Waals surface area contributed by atoms with Crippen molar-refractivity contribution in [1.82, 2.24) is 19.5 Å². The molecule has 0 bridgehead atoms. The van der Waals surface area contributed by atoms with Crippen LogP contribution in [0.3, 0.4) is 0 Å². The highest BCUT2D eigenvalue weighted by atomic mass is 32.1. The zero-order chi connectivity index (χ0) is 37.5. The molecular formula is C51H30N4OS. The number of benzene rings is 8. The van der Waals surface area contributed by atoms with Crippen molar-refractivity contribution in [3.05, 3.63) is 182 Å². The maximum Gasteiger partial charge on any atom is 0.164 e. The molecule has 0 saturated carbocycles. The Bertz CT molecular complexity index is 3520. The zero-order valence-corrected chi connectivity index (χ0v) is 31.2. The van der Waals surface area contributed by atoms with E-state index in [1.54, 1.807) is 11.3 Å². The molecule has 12 rings (SSSR count). The van der Waals surface area contributed by atoms with Gasteiger partial charge in [0.25, 0.3) is 0 Å². The number of aromatic nitrogens is 4. The fraction of sp³-hybridized carbons (Fsp3) is 0. The highest BCUT2D eigenvalue weighted by Crippen LogP contribution is 2.38. The minimum absolute atomic E-state index is 0.590. The Labute approximate surface area is 330 Å². The number of furan rings is 1. The molecule has 6 heteroatoms. The van der Waals surface area contributed by atoms with Crippen LogP contribution in [-0.2, 0) is 0 Å². The van der Waals surface area contributed by atoms with E-state index in [4.69, 9.17) is 19.4 Å². The van der Waals surface area contributed by atoms with E-state index in [1.807, 2.05) is 24.3 Å². The number of rotatable bonds is 5. The molecule has 0 spiro atoms. The van der Waals surface area contributed by atoms with E-state index < -0.39 is 0 Å². The first-order valence-electron chi connectivity index (χ1n) is 19.0. The average Bonchev–Trinajstić information content (AvgIpc) is 3.95. The van der Waals surface area contributed by atoms with Gasteiger partial charge in [0.15, 0.2) is 17.5 Å². The van der Waals surface area contributed by atoms with Gasteiger partial charge in [-0.25, -0.2) is 15.0 Å². The van der Waals surface area contributed by atoms with Crippen LogP contribution in [0.1, 0.15) is 0 Å². The van der Waals surface area contributed by atoms with Gasteiger partial charge in [0.2, 0.25) is 0 Å². The van der Waals surface area contributed by atoms with E-state index in [1.165, 1.54) is 42.1 Å². The van der Waals surface area contributed by atoms with Crippen LogP contribution >= 0.6 is 11.3 Å². The summed E-state index contributed by atoms with van der Waals surface area (Å²) in [6.45, 7) is 0. The molecule has 0 unspecified atom stereocenters. The monoisotopic (exact) mass is 746 g/mol. The van der Waals surface area contributed by atoms with Crippen molar-refractivity contribution in [2.75, 3.05) is 0 Å². The third-order valence-corrected chi connectivity index (χ3v) is 12.2. The predicted octanol–water partition coefficient (Wildman–Crippen LogP) is 13.9. The molecule has 0 radical (unpaired) electrons. The summed E-state index contributed by atoms with van der Waals surface area (Å²) >= 11 is 1.80. The highest BCUT2D eigenvalue weighted by molar-refractivity contribution is 7.25. The standard InChI is InChI=1S/C51H30N4OS/c1-2-10-31(11-3-1)33-20-25-38-37-12-4-7-15-43(37)55(44(38)29-33)36-23-18-32(19-24-36)49-52-50(34-22-27-48-42(28-34)41-14-6-9-17-47(41)57-48)54-51(53-49)35-21-26-40-39-13-5-8-16-45(39)56-46(40)30-35/h1-30H. The molecule has 0 amide bonds. The van der Waals surface area contributed by atoms with E-state index in [0.717, 1.165) is 55.3 Å². The summed E-state index contributed by atoms with van der Waals surface area (Å²) in [5, 5.41) is 7.03. The lowest BCUT2D eigenvalue weighted by Crippen LogP contribution is -2.00. The first-order valence-corrected chi connectivity index (χ1v) is 19.8. The first-order chi connectivity index (χ1) is 28.2. The molecule has 0 atom stereocenters. The molecule has 0 aliphatic rings. The summed E-state index contributed by atoms with van der Waals surface area (Å²) in [6, 6.07) is 64.0. The smallest absolute Gasteiger partial charge is 0.164 e. The van der Waals surface area contributed by atoms with Gasteiger partial charge in [0, 0.05) is 64.1 Å². The van der Waals surface area contributed by atoms with Gasteiger partial charge in [-0.1, -0.05) is 103 Å². The number of para-hydroxylation sites is 2. The maximum atomic E-state index is 6.29. The van der Waals surface area contributed by atoms with Gasteiger partial charge >= 0.3 is 0 Å². The Morgan fingerprint density at radius 3 is 1.77 bits per heavy atom. The molecule has 0 N–H and O–H groups in total. The lowest BCUT2D eigenvalue weighted by Gasteiger charge is -2.11. The molecule has 5 nitrogen and oxygen atoms in total.